The average Bonchev–Trinajstić information content (AvgIpc) is 2.47. The summed E-state index contributed by atoms with van der Waals surface area (Å²) in [6, 6.07) is 3.39. The number of hydrogen-bond acceptors (Lipinski definition) is 4. The van der Waals surface area contributed by atoms with Gasteiger partial charge in [-0.05, 0) is 25.0 Å². The number of rotatable bonds is 1. The van der Waals surface area contributed by atoms with E-state index >= 15 is 0 Å². The molecule has 1 aromatic rings. The molecule has 0 bridgehead atoms. The second-order valence-corrected chi connectivity index (χ2v) is 5.82. The molecule has 0 spiro atoms. The van der Waals surface area contributed by atoms with Crippen molar-refractivity contribution in [1.82, 2.24) is 4.98 Å². The highest BCUT2D eigenvalue weighted by Crippen LogP contribution is 2.33. The Kier molecular flexibility index (Phi) is 2.19. The number of nitrogen functional groups attached to an aromatic ring is 1. The van der Waals surface area contributed by atoms with Crippen molar-refractivity contribution < 1.29 is 8.42 Å². The lowest BCUT2D eigenvalue weighted by Gasteiger charge is -2.07. The van der Waals surface area contributed by atoms with Crippen LogP contribution in [0.3, 0.4) is 0 Å². The van der Waals surface area contributed by atoms with Crippen molar-refractivity contribution in [3.63, 3.8) is 0 Å². The molecule has 2 heterocycles. The number of hydrogen-bond donors (Lipinski definition) is 1. The molecule has 0 radical (unpaired) electrons. The SMILES string of the molecule is Nc1ccc(C2CCCS2(=O)=O)nc1. The Labute approximate surface area is 83.1 Å². The molecule has 0 aliphatic carbocycles. The number of pyridine rings is 1. The Morgan fingerprint density at radius 1 is 1.43 bits per heavy atom. The van der Waals surface area contributed by atoms with Crippen LogP contribution < -0.4 is 5.73 Å². The molecule has 2 rings (SSSR count). The molecule has 0 amide bonds. The molecule has 0 saturated carbocycles. The number of aromatic nitrogens is 1. The van der Waals surface area contributed by atoms with Gasteiger partial charge in [0.15, 0.2) is 9.84 Å². The van der Waals surface area contributed by atoms with Crippen LogP contribution in [-0.2, 0) is 9.84 Å². The molecular formula is C9H12N2O2S. The smallest absolute Gasteiger partial charge is 0.158 e. The van der Waals surface area contributed by atoms with Crippen LogP contribution in [0.25, 0.3) is 0 Å². The minimum Gasteiger partial charge on any atom is -0.397 e. The highest BCUT2D eigenvalue weighted by atomic mass is 32.2. The van der Waals surface area contributed by atoms with Crippen LogP contribution in [0.2, 0.25) is 0 Å². The van der Waals surface area contributed by atoms with Gasteiger partial charge >= 0.3 is 0 Å². The van der Waals surface area contributed by atoms with Crippen LogP contribution in [0.5, 0.6) is 0 Å². The van der Waals surface area contributed by atoms with E-state index in [0.717, 1.165) is 6.42 Å². The normalized spacial score (nSPS) is 25.0. The molecule has 1 fully saturated rings. The maximum absolute atomic E-state index is 11.6. The topological polar surface area (TPSA) is 73.1 Å². The van der Waals surface area contributed by atoms with E-state index < -0.39 is 15.1 Å². The van der Waals surface area contributed by atoms with E-state index in [4.69, 9.17) is 5.73 Å². The number of nitrogens with zero attached hydrogens (tertiary/aromatic N) is 1. The zero-order chi connectivity index (χ0) is 10.2. The Morgan fingerprint density at radius 3 is 2.71 bits per heavy atom. The van der Waals surface area contributed by atoms with Crippen LogP contribution in [0.15, 0.2) is 18.3 Å². The fourth-order valence-corrected chi connectivity index (χ4v) is 3.62. The summed E-state index contributed by atoms with van der Waals surface area (Å²) in [4.78, 5) is 4.05. The largest absolute Gasteiger partial charge is 0.397 e. The predicted octanol–water partition coefficient (Wildman–Crippen LogP) is 0.914. The highest BCUT2D eigenvalue weighted by Gasteiger charge is 2.33. The van der Waals surface area contributed by atoms with E-state index in [1.54, 1.807) is 12.1 Å². The van der Waals surface area contributed by atoms with E-state index in [2.05, 4.69) is 4.98 Å². The van der Waals surface area contributed by atoms with E-state index in [0.29, 0.717) is 17.8 Å². The van der Waals surface area contributed by atoms with Crippen LogP contribution in [0, 0.1) is 0 Å². The minimum atomic E-state index is -2.96. The van der Waals surface area contributed by atoms with Gasteiger partial charge < -0.3 is 5.73 Å². The zero-order valence-electron chi connectivity index (χ0n) is 7.68. The van der Waals surface area contributed by atoms with Gasteiger partial charge in [-0.25, -0.2) is 8.42 Å². The van der Waals surface area contributed by atoms with E-state index in [1.807, 2.05) is 0 Å². The third kappa shape index (κ3) is 1.59. The van der Waals surface area contributed by atoms with Gasteiger partial charge in [0, 0.05) is 0 Å². The molecule has 5 heteroatoms. The number of nitrogens with two attached hydrogens (primary N) is 1. The average molecular weight is 212 g/mol. The predicted molar refractivity (Wildman–Crippen MR) is 54.4 cm³/mol. The van der Waals surface area contributed by atoms with Crippen molar-refractivity contribution in [1.29, 1.82) is 0 Å². The van der Waals surface area contributed by atoms with Gasteiger partial charge in [0.2, 0.25) is 0 Å². The fourth-order valence-electron chi connectivity index (χ4n) is 1.73. The first kappa shape index (κ1) is 9.45. The summed E-state index contributed by atoms with van der Waals surface area (Å²) >= 11 is 0. The monoisotopic (exact) mass is 212 g/mol. The van der Waals surface area contributed by atoms with Crippen molar-refractivity contribution >= 4 is 15.5 Å². The van der Waals surface area contributed by atoms with Crippen molar-refractivity contribution in [3.8, 4) is 0 Å². The second-order valence-electron chi connectivity index (χ2n) is 3.51. The van der Waals surface area contributed by atoms with Crippen molar-refractivity contribution in [3.05, 3.63) is 24.0 Å². The van der Waals surface area contributed by atoms with Gasteiger partial charge in [-0.3, -0.25) is 4.98 Å². The Bertz CT molecular complexity index is 425. The molecule has 1 aliphatic heterocycles. The maximum atomic E-state index is 11.6. The Morgan fingerprint density at radius 2 is 2.21 bits per heavy atom. The van der Waals surface area contributed by atoms with Crippen molar-refractivity contribution in [2.75, 3.05) is 11.5 Å². The van der Waals surface area contributed by atoms with Gasteiger partial charge in [-0.1, -0.05) is 0 Å². The lowest BCUT2D eigenvalue weighted by Crippen LogP contribution is -2.09. The first-order chi connectivity index (χ1) is 6.59. The summed E-state index contributed by atoms with van der Waals surface area (Å²) in [5.74, 6) is 0.281. The van der Waals surface area contributed by atoms with Crippen LogP contribution >= 0.6 is 0 Å². The molecule has 76 valence electrons. The lowest BCUT2D eigenvalue weighted by molar-refractivity contribution is 0.591. The summed E-state index contributed by atoms with van der Waals surface area (Å²) in [5, 5.41) is -0.414. The quantitative estimate of drug-likeness (QED) is 0.751. The molecule has 4 nitrogen and oxygen atoms in total. The molecule has 1 atom stereocenters. The summed E-state index contributed by atoms with van der Waals surface area (Å²) in [6.45, 7) is 0. The van der Waals surface area contributed by atoms with Gasteiger partial charge in [0.05, 0.1) is 23.3 Å². The first-order valence-electron chi connectivity index (χ1n) is 4.52. The van der Waals surface area contributed by atoms with Crippen LogP contribution in [0.1, 0.15) is 23.8 Å². The summed E-state index contributed by atoms with van der Waals surface area (Å²) < 4.78 is 23.2. The molecule has 0 aromatic carbocycles. The van der Waals surface area contributed by atoms with Gasteiger partial charge in [0.25, 0.3) is 0 Å². The molecule has 1 saturated heterocycles. The van der Waals surface area contributed by atoms with Gasteiger partial charge in [-0.2, -0.15) is 0 Å². The molecule has 1 aromatic heterocycles. The minimum absolute atomic E-state index is 0.281. The summed E-state index contributed by atoms with van der Waals surface area (Å²) in [6.07, 6.45) is 2.92. The van der Waals surface area contributed by atoms with Gasteiger partial charge in [0.1, 0.15) is 5.25 Å². The second kappa shape index (κ2) is 3.24. The van der Waals surface area contributed by atoms with Crippen molar-refractivity contribution in [2.24, 2.45) is 0 Å². The summed E-state index contributed by atoms with van der Waals surface area (Å²) in [5.41, 5.74) is 6.66. The molecule has 14 heavy (non-hydrogen) atoms. The number of anilines is 1. The number of sulfone groups is 1. The highest BCUT2D eigenvalue weighted by molar-refractivity contribution is 7.91. The third-order valence-corrected chi connectivity index (χ3v) is 4.67. The van der Waals surface area contributed by atoms with Crippen LogP contribution in [-0.4, -0.2) is 19.2 Å². The Hall–Kier alpha value is -1.10. The Balaban J connectivity index is 2.36. The zero-order valence-corrected chi connectivity index (χ0v) is 8.50. The van der Waals surface area contributed by atoms with E-state index in [9.17, 15) is 8.42 Å². The summed E-state index contributed by atoms with van der Waals surface area (Å²) in [7, 11) is -2.96. The molecule has 1 aliphatic rings. The molecule has 2 N–H and O–H groups in total. The van der Waals surface area contributed by atoms with Gasteiger partial charge in [-0.15, -0.1) is 0 Å². The fraction of sp³-hybridized carbons (Fsp3) is 0.444. The molecular weight excluding hydrogens is 200 g/mol. The standard InChI is InChI=1S/C9H12N2O2S/c10-7-3-4-8(11-6-7)9-2-1-5-14(9,12)13/h3-4,6,9H,1-2,5,10H2. The molecule has 1 unspecified atom stereocenters. The maximum Gasteiger partial charge on any atom is 0.158 e. The van der Waals surface area contributed by atoms with E-state index in [-0.39, 0.29) is 5.75 Å². The third-order valence-electron chi connectivity index (χ3n) is 2.47. The lowest BCUT2D eigenvalue weighted by atomic mass is 10.2. The first-order valence-corrected chi connectivity index (χ1v) is 6.24. The van der Waals surface area contributed by atoms with Crippen molar-refractivity contribution in [2.45, 2.75) is 18.1 Å². The van der Waals surface area contributed by atoms with Crippen LogP contribution in [0.4, 0.5) is 5.69 Å². The van der Waals surface area contributed by atoms with E-state index in [1.165, 1.54) is 6.20 Å².